The quantitative estimate of drug-likeness (QED) is 0.886. The van der Waals surface area contributed by atoms with Crippen LogP contribution in [-0.2, 0) is 6.42 Å². The van der Waals surface area contributed by atoms with Crippen LogP contribution in [0.15, 0.2) is 42.5 Å². The molecule has 3 nitrogen and oxygen atoms in total. The van der Waals surface area contributed by atoms with Gasteiger partial charge in [-0.25, -0.2) is 0 Å². The summed E-state index contributed by atoms with van der Waals surface area (Å²) in [6, 6.07) is 13.3. The van der Waals surface area contributed by atoms with Gasteiger partial charge in [0, 0.05) is 22.8 Å². The van der Waals surface area contributed by atoms with Crippen LogP contribution in [0, 0.1) is 6.92 Å². The van der Waals surface area contributed by atoms with Crippen molar-refractivity contribution in [2.24, 2.45) is 5.73 Å². The summed E-state index contributed by atoms with van der Waals surface area (Å²) in [5.74, 6) is -0.398. The molecule has 4 heteroatoms. The zero-order valence-electron chi connectivity index (χ0n) is 11.3. The fraction of sp³-hybridized carbons (Fsp3) is 0.188. The molecule has 1 amide bonds. The lowest BCUT2D eigenvalue weighted by Crippen LogP contribution is -2.13. The van der Waals surface area contributed by atoms with Crippen LogP contribution in [0.1, 0.15) is 21.5 Å². The molecule has 0 fully saturated rings. The number of nitrogens with two attached hydrogens (primary N) is 1. The molecule has 0 atom stereocenters. The maximum atomic E-state index is 11.2. The lowest BCUT2D eigenvalue weighted by atomic mass is 10.1. The zero-order valence-corrected chi connectivity index (χ0v) is 12.1. The zero-order chi connectivity index (χ0) is 14.5. The van der Waals surface area contributed by atoms with Crippen molar-refractivity contribution >= 4 is 23.2 Å². The maximum Gasteiger partial charge on any atom is 0.248 e. The Balaban J connectivity index is 1.97. The molecular formula is C16H17ClN2O. The highest BCUT2D eigenvalue weighted by atomic mass is 35.5. The molecule has 0 aliphatic rings. The molecule has 0 bridgehead atoms. The fourth-order valence-corrected chi connectivity index (χ4v) is 2.32. The van der Waals surface area contributed by atoms with Crippen molar-refractivity contribution in [1.82, 2.24) is 0 Å². The van der Waals surface area contributed by atoms with Gasteiger partial charge in [-0.15, -0.1) is 0 Å². The number of anilines is 1. The summed E-state index contributed by atoms with van der Waals surface area (Å²) < 4.78 is 0. The van der Waals surface area contributed by atoms with E-state index in [2.05, 4.69) is 5.32 Å². The van der Waals surface area contributed by atoms with Gasteiger partial charge in [-0.1, -0.05) is 29.8 Å². The predicted molar refractivity (Wildman–Crippen MR) is 83.3 cm³/mol. The number of amides is 1. The normalized spacial score (nSPS) is 10.3. The highest BCUT2D eigenvalue weighted by Gasteiger charge is 2.05. The van der Waals surface area contributed by atoms with Crippen LogP contribution < -0.4 is 11.1 Å². The van der Waals surface area contributed by atoms with E-state index in [0.717, 1.165) is 34.8 Å². The molecule has 2 aromatic carbocycles. The van der Waals surface area contributed by atoms with E-state index in [0.29, 0.717) is 5.56 Å². The van der Waals surface area contributed by atoms with Gasteiger partial charge in [0.05, 0.1) is 0 Å². The van der Waals surface area contributed by atoms with Crippen LogP contribution in [0.5, 0.6) is 0 Å². The third-order valence-corrected chi connectivity index (χ3v) is 3.54. The van der Waals surface area contributed by atoms with E-state index in [1.807, 2.05) is 43.3 Å². The molecule has 0 radical (unpaired) electrons. The Morgan fingerprint density at radius 1 is 1.25 bits per heavy atom. The van der Waals surface area contributed by atoms with Crippen molar-refractivity contribution in [3.8, 4) is 0 Å². The number of halogens is 1. The summed E-state index contributed by atoms with van der Waals surface area (Å²) >= 11 is 6.11. The van der Waals surface area contributed by atoms with Crippen molar-refractivity contribution < 1.29 is 4.79 Å². The van der Waals surface area contributed by atoms with Crippen LogP contribution in [0.3, 0.4) is 0 Å². The predicted octanol–water partition coefficient (Wildman–Crippen LogP) is 3.40. The Hall–Kier alpha value is -2.00. The number of benzene rings is 2. The number of hydrogen-bond donors (Lipinski definition) is 2. The molecule has 20 heavy (non-hydrogen) atoms. The van der Waals surface area contributed by atoms with Crippen LogP contribution in [-0.4, -0.2) is 12.5 Å². The van der Waals surface area contributed by atoms with Crippen LogP contribution in [0.4, 0.5) is 5.69 Å². The number of aryl methyl sites for hydroxylation is 1. The molecular weight excluding hydrogens is 272 g/mol. The molecule has 0 aliphatic heterocycles. The Morgan fingerprint density at radius 2 is 2.00 bits per heavy atom. The molecule has 0 saturated heterocycles. The van der Waals surface area contributed by atoms with Crippen molar-refractivity contribution in [3.05, 3.63) is 64.2 Å². The summed E-state index contributed by atoms with van der Waals surface area (Å²) in [5.41, 5.74) is 8.81. The molecule has 0 unspecified atom stereocenters. The van der Waals surface area contributed by atoms with Crippen LogP contribution >= 0.6 is 11.6 Å². The van der Waals surface area contributed by atoms with E-state index in [1.165, 1.54) is 0 Å². The summed E-state index contributed by atoms with van der Waals surface area (Å²) in [4.78, 5) is 11.2. The Morgan fingerprint density at radius 3 is 2.65 bits per heavy atom. The van der Waals surface area contributed by atoms with E-state index >= 15 is 0 Å². The monoisotopic (exact) mass is 288 g/mol. The average Bonchev–Trinajstić information content (AvgIpc) is 2.40. The summed E-state index contributed by atoms with van der Waals surface area (Å²) in [6.45, 7) is 2.65. The van der Waals surface area contributed by atoms with E-state index in [4.69, 9.17) is 17.3 Å². The first kappa shape index (κ1) is 14.4. The minimum absolute atomic E-state index is 0.398. The Bertz CT molecular complexity index is 626. The second-order valence-corrected chi connectivity index (χ2v) is 5.07. The molecule has 0 aliphatic carbocycles. The van der Waals surface area contributed by atoms with Crippen LogP contribution in [0.25, 0.3) is 0 Å². The first-order chi connectivity index (χ1) is 9.58. The molecule has 2 aromatic rings. The topological polar surface area (TPSA) is 55.1 Å². The van der Waals surface area contributed by atoms with Gasteiger partial charge in [-0.2, -0.15) is 0 Å². The van der Waals surface area contributed by atoms with Crippen LogP contribution in [0.2, 0.25) is 5.02 Å². The van der Waals surface area contributed by atoms with Crippen molar-refractivity contribution in [1.29, 1.82) is 0 Å². The third-order valence-electron chi connectivity index (χ3n) is 3.17. The Kier molecular flexibility index (Phi) is 4.64. The van der Waals surface area contributed by atoms with Gasteiger partial charge in [0.25, 0.3) is 0 Å². The van der Waals surface area contributed by atoms with Gasteiger partial charge in [0.15, 0.2) is 0 Å². The van der Waals surface area contributed by atoms with Crippen molar-refractivity contribution in [2.75, 3.05) is 11.9 Å². The second-order valence-electron chi connectivity index (χ2n) is 4.66. The molecule has 2 rings (SSSR count). The van der Waals surface area contributed by atoms with Gasteiger partial charge >= 0.3 is 0 Å². The first-order valence-electron chi connectivity index (χ1n) is 6.45. The summed E-state index contributed by atoms with van der Waals surface area (Å²) in [5, 5.41) is 4.10. The standard InChI is InChI=1S/C16H17ClN2O/c1-11-10-13(6-7-14(11)16(18)20)19-9-8-12-4-2-3-5-15(12)17/h2-7,10,19H,8-9H2,1H3,(H2,18,20). The van der Waals surface area contributed by atoms with E-state index in [1.54, 1.807) is 6.07 Å². The van der Waals surface area contributed by atoms with E-state index in [9.17, 15) is 4.79 Å². The fourth-order valence-electron chi connectivity index (χ4n) is 2.09. The minimum Gasteiger partial charge on any atom is -0.385 e. The molecule has 3 N–H and O–H groups in total. The molecule has 0 aromatic heterocycles. The number of rotatable bonds is 5. The third kappa shape index (κ3) is 3.52. The number of nitrogens with one attached hydrogen (secondary N) is 1. The SMILES string of the molecule is Cc1cc(NCCc2ccccc2Cl)ccc1C(N)=O. The number of hydrogen-bond acceptors (Lipinski definition) is 2. The highest BCUT2D eigenvalue weighted by molar-refractivity contribution is 6.31. The lowest BCUT2D eigenvalue weighted by Gasteiger charge is -2.10. The van der Waals surface area contributed by atoms with Crippen molar-refractivity contribution in [3.63, 3.8) is 0 Å². The van der Waals surface area contributed by atoms with Gasteiger partial charge < -0.3 is 11.1 Å². The number of primary amides is 1. The number of carbonyl (C=O) groups excluding carboxylic acids is 1. The maximum absolute atomic E-state index is 11.2. The van der Waals surface area contributed by atoms with E-state index in [-0.39, 0.29) is 0 Å². The Labute approximate surface area is 123 Å². The van der Waals surface area contributed by atoms with Gasteiger partial charge in [-0.3, -0.25) is 4.79 Å². The first-order valence-corrected chi connectivity index (χ1v) is 6.83. The molecule has 0 saturated carbocycles. The smallest absolute Gasteiger partial charge is 0.248 e. The summed E-state index contributed by atoms with van der Waals surface area (Å²) in [6.07, 6.45) is 0.844. The highest BCUT2D eigenvalue weighted by Crippen LogP contribution is 2.17. The van der Waals surface area contributed by atoms with Crippen molar-refractivity contribution in [2.45, 2.75) is 13.3 Å². The molecule has 0 spiro atoms. The van der Waals surface area contributed by atoms with Gasteiger partial charge in [0.1, 0.15) is 0 Å². The van der Waals surface area contributed by atoms with E-state index < -0.39 is 5.91 Å². The average molecular weight is 289 g/mol. The number of carbonyl (C=O) groups is 1. The van der Waals surface area contributed by atoms with Gasteiger partial charge in [-0.05, 0) is 48.7 Å². The molecule has 0 heterocycles. The van der Waals surface area contributed by atoms with Gasteiger partial charge in [0.2, 0.25) is 5.91 Å². The lowest BCUT2D eigenvalue weighted by molar-refractivity contribution is 0.1000. The summed E-state index contributed by atoms with van der Waals surface area (Å²) in [7, 11) is 0. The largest absolute Gasteiger partial charge is 0.385 e. The minimum atomic E-state index is -0.398. The second kappa shape index (κ2) is 6.44. The molecule has 104 valence electrons.